The van der Waals surface area contributed by atoms with Crippen molar-refractivity contribution in [1.29, 1.82) is 0 Å². The van der Waals surface area contributed by atoms with Crippen molar-refractivity contribution in [2.24, 2.45) is 0 Å². The lowest BCUT2D eigenvalue weighted by Gasteiger charge is -2.31. The molecule has 12 heteroatoms. The Morgan fingerprint density at radius 2 is 1.89 bits per heavy atom. The van der Waals surface area contributed by atoms with Gasteiger partial charge in [-0.3, -0.25) is 9.59 Å². The second-order valence-electron chi connectivity index (χ2n) is 8.29. The molecule has 1 aliphatic rings. The van der Waals surface area contributed by atoms with Crippen molar-refractivity contribution in [2.75, 3.05) is 25.0 Å². The van der Waals surface area contributed by atoms with E-state index in [4.69, 9.17) is 9.84 Å². The number of carbonyl (C=O) groups is 3. The van der Waals surface area contributed by atoms with Crippen LogP contribution < -0.4 is 5.32 Å². The molecule has 3 N–H and O–H groups in total. The van der Waals surface area contributed by atoms with Crippen molar-refractivity contribution in [1.82, 2.24) is 19.9 Å². The molecule has 188 valence electrons. The molecule has 1 saturated heterocycles. The van der Waals surface area contributed by atoms with E-state index in [1.807, 2.05) is 0 Å². The summed E-state index contributed by atoms with van der Waals surface area (Å²) in [4.78, 5) is 37.5. The van der Waals surface area contributed by atoms with E-state index in [-0.39, 0.29) is 47.9 Å². The highest BCUT2D eigenvalue weighted by atomic mass is 19.1. The molecule has 1 aliphatic heterocycles. The fourth-order valence-corrected chi connectivity index (χ4v) is 3.88. The van der Waals surface area contributed by atoms with Crippen LogP contribution in [-0.2, 0) is 20.9 Å². The van der Waals surface area contributed by atoms with Gasteiger partial charge < -0.3 is 25.2 Å². The van der Waals surface area contributed by atoms with Crippen molar-refractivity contribution >= 4 is 23.5 Å². The Kier molecular flexibility index (Phi) is 7.54. The smallest absolute Gasteiger partial charge is 0.329 e. The Morgan fingerprint density at radius 3 is 2.61 bits per heavy atom. The standard InChI is InChI=1S/C24H24FN5O6/c25-17-10-15(9-16(11-17)24(35)29-7-5-18(6-8-29)36-14-23(33)34)20-12-30(28-27-20)13-22(32)26-19-3-1-2-4-21(19)31/h1-4,9-12,18,31H,5-8,13-14H2,(H,26,32)(H,33,34). The Morgan fingerprint density at radius 1 is 1.14 bits per heavy atom. The molecular formula is C24H24FN5O6. The number of aromatic nitrogens is 3. The molecular weight excluding hydrogens is 473 g/mol. The van der Waals surface area contributed by atoms with Gasteiger partial charge in [-0.1, -0.05) is 17.3 Å². The monoisotopic (exact) mass is 497 g/mol. The van der Waals surface area contributed by atoms with Gasteiger partial charge in [-0.05, 0) is 43.2 Å². The molecule has 4 rings (SSSR count). The molecule has 2 heterocycles. The van der Waals surface area contributed by atoms with E-state index in [0.717, 1.165) is 6.07 Å². The summed E-state index contributed by atoms with van der Waals surface area (Å²) < 4.78 is 20.9. The number of benzene rings is 2. The average Bonchev–Trinajstić information content (AvgIpc) is 3.32. The number of para-hydroxylation sites is 2. The minimum Gasteiger partial charge on any atom is -0.506 e. The molecule has 0 bridgehead atoms. The molecule has 0 saturated carbocycles. The van der Waals surface area contributed by atoms with E-state index >= 15 is 0 Å². The lowest BCUT2D eigenvalue weighted by atomic mass is 10.0. The van der Waals surface area contributed by atoms with Gasteiger partial charge in [-0.25, -0.2) is 13.9 Å². The number of aromatic hydroxyl groups is 1. The molecule has 2 amide bonds. The third-order valence-corrected chi connectivity index (χ3v) is 5.63. The SMILES string of the molecule is O=C(O)COC1CCN(C(=O)c2cc(F)cc(-c3cn(CC(=O)Nc4ccccc4O)nn3)c2)CC1. The van der Waals surface area contributed by atoms with Gasteiger partial charge in [0.25, 0.3) is 5.91 Å². The zero-order valence-corrected chi connectivity index (χ0v) is 19.1. The summed E-state index contributed by atoms with van der Waals surface area (Å²) >= 11 is 0. The molecule has 1 fully saturated rings. The number of nitrogens with zero attached hydrogens (tertiary/aromatic N) is 4. The number of nitrogens with one attached hydrogen (secondary N) is 1. The fraction of sp³-hybridized carbons (Fsp3) is 0.292. The van der Waals surface area contributed by atoms with E-state index in [9.17, 15) is 23.9 Å². The van der Waals surface area contributed by atoms with Crippen LogP contribution in [0.4, 0.5) is 10.1 Å². The highest BCUT2D eigenvalue weighted by molar-refractivity contribution is 5.95. The van der Waals surface area contributed by atoms with Crippen LogP contribution in [0.3, 0.4) is 0 Å². The first-order valence-electron chi connectivity index (χ1n) is 11.2. The largest absolute Gasteiger partial charge is 0.506 e. The molecule has 0 radical (unpaired) electrons. The Hall–Kier alpha value is -4.32. The number of phenols is 1. The number of aliphatic carboxylic acids is 1. The van der Waals surface area contributed by atoms with Crippen molar-refractivity contribution in [3.63, 3.8) is 0 Å². The van der Waals surface area contributed by atoms with Crippen molar-refractivity contribution in [3.8, 4) is 17.0 Å². The summed E-state index contributed by atoms with van der Waals surface area (Å²) in [6.07, 6.45) is 2.18. The number of carbonyl (C=O) groups excluding carboxylic acids is 2. The summed E-state index contributed by atoms with van der Waals surface area (Å²) in [5, 5.41) is 29.0. The van der Waals surface area contributed by atoms with Crippen LogP contribution in [0.1, 0.15) is 23.2 Å². The van der Waals surface area contributed by atoms with E-state index in [1.54, 1.807) is 23.1 Å². The molecule has 1 aromatic heterocycles. The Labute approximate surface area is 205 Å². The van der Waals surface area contributed by atoms with Crippen molar-refractivity contribution < 1.29 is 33.7 Å². The van der Waals surface area contributed by atoms with E-state index in [0.29, 0.717) is 31.5 Å². The van der Waals surface area contributed by atoms with Gasteiger partial charge in [-0.2, -0.15) is 0 Å². The number of phenolic OH excluding ortho intramolecular Hbond substituents is 1. The predicted molar refractivity (Wildman–Crippen MR) is 125 cm³/mol. The lowest BCUT2D eigenvalue weighted by molar-refractivity contribution is -0.145. The molecule has 0 spiro atoms. The molecule has 2 aromatic carbocycles. The summed E-state index contributed by atoms with van der Waals surface area (Å²) in [5.74, 6) is -2.55. The van der Waals surface area contributed by atoms with Crippen LogP contribution in [0.2, 0.25) is 0 Å². The number of halogens is 1. The zero-order chi connectivity index (χ0) is 25.7. The maximum absolute atomic E-state index is 14.4. The molecule has 3 aromatic rings. The van der Waals surface area contributed by atoms with Gasteiger partial charge in [0.2, 0.25) is 5.91 Å². The number of piperidine rings is 1. The number of carboxylic acid groups (broad SMARTS) is 1. The summed E-state index contributed by atoms with van der Waals surface area (Å²) in [7, 11) is 0. The molecule has 0 unspecified atom stereocenters. The lowest BCUT2D eigenvalue weighted by Crippen LogP contribution is -2.41. The van der Waals surface area contributed by atoms with Crippen LogP contribution in [0.25, 0.3) is 11.3 Å². The topological polar surface area (TPSA) is 147 Å². The second-order valence-corrected chi connectivity index (χ2v) is 8.29. The highest BCUT2D eigenvalue weighted by Gasteiger charge is 2.25. The maximum atomic E-state index is 14.4. The third-order valence-electron chi connectivity index (χ3n) is 5.63. The molecule has 11 nitrogen and oxygen atoms in total. The number of ether oxygens (including phenoxy) is 1. The molecule has 36 heavy (non-hydrogen) atoms. The molecule has 0 atom stereocenters. The molecule has 0 aliphatic carbocycles. The quantitative estimate of drug-likeness (QED) is 0.401. The number of anilines is 1. The van der Waals surface area contributed by atoms with Crippen LogP contribution in [0, 0.1) is 5.82 Å². The Balaban J connectivity index is 1.40. The average molecular weight is 497 g/mol. The van der Waals surface area contributed by atoms with Crippen molar-refractivity contribution in [2.45, 2.75) is 25.5 Å². The van der Waals surface area contributed by atoms with E-state index in [1.165, 1.54) is 29.1 Å². The normalized spacial score (nSPS) is 14.0. The predicted octanol–water partition coefficient (Wildman–Crippen LogP) is 2.13. The zero-order valence-electron chi connectivity index (χ0n) is 19.1. The second kappa shape index (κ2) is 11.0. The van der Waals surface area contributed by atoms with E-state index in [2.05, 4.69) is 15.6 Å². The number of hydrogen-bond donors (Lipinski definition) is 3. The number of rotatable bonds is 8. The fourth-order valence-electron chi connectivity index (χ4n) is 3.88. The summed E-state index contributed by atoms with van der Waals surface area (Å²) in [6.45, 7) is 0.138. The number of amides is 2. The van der Waals surface area contributed by atoms with Crippen LogP contribution in [0.5, 0.6) is 5.75 Å². The van der Waals surface area contributed by atoms with Crippen LogP contribution >= 0.6 is 0 Å². The van der Waals surface area contributed by atoms with E-state index < -0.39 is 17.7 Å². The number of hydrogen-bond acceptors (Lipinski definition) is 7. The summed E-state index contributed by atoms with van der Waals surface area (Å²) in [6, 6.07) is 10.2. The Bertz CT molecular complexity index is 1270. The number of carboxylic acids is 1. The minimum atomic E-state index is -1.05. The summed E-state index contributed by atoms with van der Waals surface area (Å²) in [5.41, 5.74) is 1.00. The first kappa shape index (κ1) is 24.8. The van der Waals surface area contributed by atoms with Crippen molar-refractivity contribution in [3.05, 3.63) is 60.0 Å². The van der Waals surface area contributed by atoms with Crippen LogP contribution in [-0.4, -0.2) is 73.7 Å². The van der Waals surface area contributed by atoms with Gasteiger partial charge in [-0.15, -0.1) is 5.10 Å². The van der Waals surface area contributed by atoms with Crippen LogP contribution in [0.15, 0.2) is 48.7 Å². The first-order valence-corrected chi connectivity index (χ1v) is 11.2. The van der Waals surface area contributed by atoms with Gasteiger partial charge >= 0.3 is 5.97 Å². The number of likely N-dealkylation sites (tertiary alicyclic amines) is 1. The first-order chi connectivity index (χ1) is 17.3. The maximum Gasteiger partial charge on any atom is 0.329 e. The van der Waals surface area contributed by atoms with Gasteiger partial charge in [0, 0.05) is 24.2 Å². The van der Waals surface area contributed by atoms with Gasteiger partial charge in [0.1, 0.15) is 30.4 Å². The highest BCUT2D eigenvalue weighted by Crippen LogP contribution is 2.24. The third kappa shape index (κ3) is 6.21. The van der Waals surface area contributed by atoms with Gasteiger partial charge in [0.05, 0.1) is 18.0 Å². The minimum absolute atomic E-state index is 0.0703. The van der Waals surface area contributed by atoms with Gasteiger partial charge in [0.15, 0.2) is 0 Å².